The number of carbonyl (C=O) groups is 1. The number of Topliss-reactive ketones (excluding diaryl/α,β-unsaturated/α-hetero) is 1. The van der Waals surface area contributed by atoms with Gasteiger partial charge in [-0.1, -0.05) is 72.8 Å². The van der Waals surface area contributed by atoms with E-state index in [0.717, 1.165) is 26.1 Å². The highest BCUT2D eigenvalue weighted by molar-refractivity contribution is 8.00. The summed E-state index contributed by atoms with van der Waals surface area (Å²) in [7, 11) is 0. The van der Waals surface area contributed by atoms with Crippen LogP contribution in [0.2, 0.25) is 5.02 Å². The number of allylic oxidation sites excluding steroid dienone is 3. The van der Waals surface area contributed by atoms with Gasteiger partial charge in [-0.2, -0.15) is 5.26 Å². The van der Waals surface area contributed by atoms with Crippen molar-refractivity contribution in [2.24, 2.45) is 11.1 Å². The number of nitrogens with zero attached hydrogens (tertiary/aromatic N) is 4. The van der Waals surface area contributed by atoms with Gasteiger partial charge in [-0.3, -0.25) is 9.69 Å². The summed E-state index contributed by atoms with van der Waals surface area (Å²) in [6, 6.07) is 18.1. The smallest absolute Gasteiger partial charge is 0.219 e. The van der Waals surface area contributed by atoms with Gasteiger partial charge in [0.15, 0.2) is 10.1 Å². The molecule has 0 radical (unpaired) electrons. The summed E-state index contributed by atoms with van der Waals surface area (Å²) >= 11 is 10.6. The molecule has 0 unspecified atom stereocenters. The van der Waals surface area contributed by atoms with E-state index in [1.54, 1.807) is 28.4 Å². The van der Waals surface area contributed by atoms with Crippen LogP contribution in [0.25, 0.3) is 0 Å². The fourth-order valence-electron chi connectivity index (χ4n) is 4.93. The van der Waals surface area contributed by atoms with Gasteiger partial charge in [-0.15, -0.1) is 22.0 Å². The minimum Gasteiger partial charge on any atom is -0.384 e. The van der Waals surface area contributed by atoms with E-state index in [-0.39, 0.29) is 11.2 Å². The summed E-state index contributed by atoms with van der Waals surface area (Å²) in [6.45, 7) is 4.17. The maximum Gasteiger partial charge on any atom is 0.219 e. The average molecular weight is 580 g/mol. The van der Waals surface area contributed by atoms with Crippen LogP contribution < -0.4 is 10.6 Å². The van der Waals surface area contributed by atoms with Crippen LogP contribution >= 0.6 is 46.5 Å². The van der Waals surface area contributed by atoms with Crippen LogP contribution in [0.15, 0.2) is 80.4 Å². The number of ketones is 1. The fraction of sp³-hybridized carbons (Fsp3) is 0.286. The number of thioether (sulfide) groups is 2. The van der Waals surface area contributed by atoms with Crippen molar-refractivity contribution in [3.8, 4) is 6.07 Å². The third-order valence-corrected chi connectivity index (χ3v) is 9.80. The molecule has 38 heavy (non-hydrogen) atoms. The zero-order valence-electron chi connectivity index (χ0n) is 21.2. The van der Waals surface area contributed by atoms with Gasteiger partial charge in [0, 0.05) is 33.4 Å². The van der Waals surface area contributed by atoms with Gasteiger partial charge in [0.05, 0.1) is 17.6 Å². The number of anilines is 1. The lowest BCUT2D eigenvalue weighted by Gasteiger charge is -2.42. The first-order valence-corrected chi connectivity index (χ1v) is 15.4. The Morgan fingerprint density at radius 3 is 2.53 bits per heavy atom. The molecule has 1 aromatic heterocycles. The molecule has 1 aliphatic heterocycles. The van der Waals surface area contributed by atoms with Crippen LogP contribution in [0.5, 0.6) is 0 Å². The molecule has 2 aromatic carbocycles. The van der Waals surface area contributed by atoms with Crippen molar-refractivity contribution < 1.29 is 4.79 Å². The quantitative estimate of drug-likeness (QED) is 0.308. The van der Waals surface area contributed by atoms with Gasteiger partial charge in [0.2, 0.25) is 5.13 Å². The molecule has 1 atom stereocenters. The lowest BCUT2D eigenvalue weighted by atomic mass is 9.69. The number of aromatic nitrogens is 2. The maximum absolute atomic E-state index is 13.7. The van der Waals surface area contributed by atoms with Crippen LogP contribution in [0.3, 0.4) is 0 Å². The molecule has 0 spiro atoms. The molecule has 0 amide bonds. The predicted molar refractivity (Wildman–Crippen MR) is 156 cm³/mol. The Bertz CT molecular complexity index is 1490. The third kappa shape index (κ3) is 5.23. The van der Waals surface area contributed by atoms with Crippen molar-refractivity contribution in [1.29, 1.82) is 5.26 Å². The number of nitrogens with two attached hydrogens (primary N) is 1. The molecule has 2 N–H and O–H groups in total. The summed E-state index contributed by atoms with van der Waals surface area (Å²) in [5, 5.41) is 20.4. The van der Waals surface area contributed by atoms with E-state index in [2.05, 4.69) is 30.1 Å². The molecule has 5 rings (SSSR count). The van der Waals surface area contributed by atoms with E-state index in [1.165, 1.54) is 11.3 Å². The highest BCUT2D eigenvalue weighted by Gasteiger charge is 2.45. The number of carbonyl (C=O) groups excluding carboxylic acids is 1. The summed E-state index contributed by atoms with van der Waals surface area (Å²) in [6.07, 6.45) is 3.07. The molecule has 1 aliphatic carbocycles. The first-order chi connectivity index (χ1) is 18.2. The van der Waals surface area contributed by atoms with Gasteiger partial charge in [0.25, 0.3) is 0 Å². The van der Waals surface area contributed by atoms with Crippen LogP contribution in [-0.2, 0) is 10.5 Å². The van der Waals surface area contributed by atoms with Crippen molar-refractivity contribution in [2.45, 2.75) is 47.6 Å². The van der Waals surface area contributed by atoms with Gasteiger partial charge in [-0.05, 0) is 53.5 Å². The van der Waals surface area contributed by atoms with Gasteiger partial charge in [0.1, 0.15) is 5.82 Å². The molecular weight excluding hydrogens is 554 g/mol. The van der Waals surface area contributed by atoms with E-state index >= 15 is 0 Å². The van der Waals surface area contributed by atoms with Crippen LogP contribution in [0.1, 0.15) is 43.7 Å². The monoisotopic (exact) mass is 579 g/mol. The zero-order valence-corrected chi connectivity index (χ0v) is 24.4. The number of rotatable bonds is 6. The van der Waals surface area contributed by atoms with Crippen molar-refractivity contribution in [3.63, 3.8) is 0 Å². The van der Waals surface area contributed by atoms with Crippen molar-refractivity contribution in [2.75, 3.05) is 11.2 Å². The molecule has 0 saturated heterocycles. The minimum atomic E-state index is -0.502. The summed E-state index contributed by atoms with van der Waals surface area (Å²) in [5.41, 5.74) is 10.3. The van der Waals surface area contributed by atoms with E-state index in [1.807, 2.05) is 54.8 Å². The number of hydrogen-bond acceptors (Lipinski definition) is 9. The molecule has 0 saturated carbocycles. The topological polar surface area (TPSA) is 95.9 Å². The molecule has 0 bridgehead atoms. The predicted octanol–water partition coefficient (Wildman–Crippen LogP) is 7.15. The zero-order chi connectivity index (χ0) is 27.0. The SMILES string of the molecule is CSc1ccc([C@@H]2C(C#N)=C(N)N(c3nnc(SCc4ccc(Cl)cc4)s3)C3=C2C(=O)CC(C)(C)C3)cc1. The van der Waals surface area contributed by atoms with Gasteiger partial charge >= 0.3 is 0 Å². The summed E-state index contributed by atoms with van der Waals surface area (Å²) in [4.78, 5) is 16.6. The van der Waals surface area contributed by atoms with Gasteiger partial charge in [-0.25, -0.2) is 0 Å². The lowest BCUT2D eigenvalue weighted by molar-refractivity contribution is -0.118. The molecule has 10 heteroatoms. The number of benzene rings is 2. The Kier molecular flexibility index (Phi) is 7.60. The Hall–Kier alpha value is -2.77. The number of hydrogen-bond donors (Lipinski definition) is 1. The summed E-state index contributed by atoms with van der Waals surface area (Å²) < 4.78 is 0.777. The Labute approximate surface area is 240 Å². The summed E-state index contributed by atoms with van der Waals surface area (Å²) in [5.74, 6) is 0.564. The normalized spacial score (nSPS) is 19.0. The molecule has 6 nitrogen and oxygen atoms in total. The molecule has 2 heterocycles. The molecule has 0 fully saturated rings. The van der Waals surface area contributed by atoms with Crippen molar-refractivity contribution in [1.82, 2.24) is 10.2 Å². The molecule has 2 aliphatic rings. The second kappa shape index (κ2) is 10.8. The average Bonchev–Trinajstić information content (AvgIpc) is 3.35. The first-order valence-electron chi connectivity index (χ1n) is 12.0. The van der Waals surface area contributed by atoms with Crippen molar-refractivity contribution in [3.05, 3.63) is 87.3 Å². The van der Waals surface area contributed by atoms with E-state index in [0.29, 0.717) is 45.7 Å². The Morgan fingerprint density at radius 2 is 1.87 bits per heavy atom. The van der Waals surface area contributed by atoms with Crippen LogP contribution in [0, 0.1) is 16.7 Å². The van der Waals surface area contributed by atoms with Crippen LogP contribution in [0.4, 0.5) is 5.13 Å². The highest BCUT2D eigenvalue weighted by Crippen LogP contribution is 2.50. The molecule has 3 aromatic rings. The largest absolute Gasteiger partial charge is 0.384 e. The maximum atomic E-state index is 13.7. The van der Waals surface area contributed by atoms with E-state index < -0.39 is 5.92 Å². The van der Waals surface area contributed by atoms with Crippen molar-refractivity contribution >= 4 is 57.4 Å². The fourth-order valence-corrected chi connectivity index (χ4v) is 7.30. The second-order valence-corrected chi connectivity index (χ2v) is 13.5. The Morgan fingerprint density at radius 1 is 1.16 bits per heavy atom. The third-order valence-electron chi connectivity index (χ3n) is 6.69. The van der Waals surface area contributed by atoms with Crippen LogP contribution in [-0.4, -0.2) is 22.2 Å². The minimum absolute atomic E-state index is 0.0438. The lowest BCUT2D eigenvalue weighted by Crippen LogP contribution is -2.42. The standard InChI is InChI=1S/C28H26ClN5OS3/c1-28(2)12-21-24(22(35)13-28)23(17-6-10-19(36-3)11-7-17)20(14-30)25(31)34(21)26-32-33-27(38-26)37-15-16-4-8-18(29)9-5-16/h4-11,23H,12-13,15,31H2,1-3H3/t23-/m1/s1. The highest BCUT2D eigenvalue weighted by atomic mass is 35.5. The van der Waals surface area contributed by atoms with E-state index in [9.17, 15) is 10.1 Å². The second-order valence-electron chi connectivity index (χ2n) is 10.0. The van der Waals surface area contributed by atoms with E-state index in [4.69, 9.17) is 17.3 Å². The molecular formula is C28H26ClN5OS3. The first kappa shape index (κ1) is 26.8. The number of nitriles is 1. The molecule has 194 valence electrons. The Balaban J connectivity index is 1.55. The van der Waals surface area contributed by atoms with Gasteiger partial charge < -0.3 is 5.73 Å². The number of halogens is 1.